The van der Waals surface area contributed by atoms with Gasteiger partial charge in [-0.05, 0) is 25.0 Å². The maximum atomic E-state index is 12.4. The number of piperidine rings is 1. The Kier molecular flexibility index (Phi) is 4.32. The fraction of sp³-hybridized carbons (Fsp3) is 0.471. The second-order valence-electron chi connectivity index (χ2n) is 6.06. The molecule has 1 aromatic rings. The molecule has 0 radical (unpaired) electrons. The number of likely N-dealkylation sites (tertiary alicyclic amines) is 1. The molecule has 2 saturated heterocycles. The molecule has 1 aromatic carbocycles. The quantitative estimate of drug-likeness (QED) is 0.902. The third-order valence-corrected chi connectivity index (χ3v) is 4.61. The van der Waals surface area contributed by atoms with Gasteiger partial charge in [0.1, 0.15) is 0 Å². The molecule has 6 nitrogen and oxygen atoms in total. The number of rotatable bonds is 3. The number of nitrogens with zero attached hydrogens (tertiary/aromatic N) is 2. The number of carbonyl (C=O) groups is 3. The number of fused-ring (bicyclic) bond motifs is 1. The van der Waals surface area contributed by atoms with E-state index in [2.05, 4.69) is 5.32 Å². The van der Waals surface area contributed by atoms with Crippen LogP contribution < -0.4 is 10.2 Å². The molecule has 2 aliphatic rings. The van der Waals surface area contributed by atoms with Crippen molar-refractivity contribution >= 4 is 23.4 Å². The van der Waals surface area contributed by atoms with E-state index in [0.717, 1.165) is 12.1 Å². The molecule has 0 bridgehead atoms. The van der Waals surface area contributed by atoms with Crippen molar-refractivity contribution in [3.63, 3.8) is 0 Å². The Labute approximate surface area is 135 Å². The van der Waals surface area contributed by atoms with Gasteiger partial charge >= 0.3 is 0 Å². The van der Waals surface area contributed by atoms with E-state index in [4.69, 9.17) is 0 Å². The Morgan fingerprint density at radius 2 is 1.91 bits per heavy atom. The molecule has 2 atom stereocenters. The first kappa shape index (κ1) is 15.5. The standard InChI is InChI=1S/C17H21N3O3/c1-12(21)18-11-17(23)19-10-9-15-14(19)7-8-16(22)20(15)13-5-3-2-4-6-13/h2-6,14-15H,7-11H2,1H3,(H,18,21)/t14-,15-/m1/s1. The van der Waals surface area contributed by atoms with Crippen molar-refractivity contribution in [1.82, 2.24) is 10.2 Å². The van der Waals surface area contributed by atoms with Gasteiger partial charge < -0.3 is 15.1 Å². The minimum absolute atomic E-state index is 0.0256. The average molecular weight is 315 g/mol. The van der Waals surface area contributed by atoms with Crippen LogP contribution in [-0.4, -0.2) is 47.8 Å². The molecule has 1 N–H and O–H groups in total. The van der Waals surface area contributed by atoms with Gasteiger partial charge in [-0.1, -0.05) is 18.2 Å². The summed E-state index contributed by atoms with van der Waals surface area (Å²) in [6.45, 7) is 2.05. The van der Waals surface area contributed by atoms with Crippen LogP contribution in [0, 0.1) is 0 Å². The SMILES string of the molecule is CC(=O)NCC(=O)N1CC[C@@H]2[C@H]1CCC(=O)N2c1ccccc1. The zero-order valence-corrected chi connectivity index (χ0v) is 13.2. The first-order valence-corrected chi connectivity index (χ1v) is 7.99. The minimum atomic E-state index is -0.209. The summed E-state index contributed by atoms with van der Waals surface area (Å²) < 4.78 is 0. The van der Waals surface area contributed by atoms with Crippen LogP contribution in [0.15, 0.2) is 30.3 Å². The highest BCUT2D eigenvalue weighted by Crippen LogP contribution is 2.34. The van der Waals surface area contributed by atoms with E-state index in [0.29, 0.717) is 19.4 Å². The summed E-state index contributed by atoms with van der Waals surface area (Å²) in [5.41, 5.74) is 0.892. The van der Waals surface area contributed by atoms with Crippen molar-refractivity contribution in [3.05, 3.63) is 30.3 Å². The van der Waals surface area contributed by atoms with Crippen molar-refractivity contribution in [1.29, 1.82) is 0 Å². The van der Waals surface area contributed by atoms with Crippen molar-refractivity contribution < 1.29 is 14.4 Å². The largest absolute Gasteiger partial charge is 0.347 e. The van der Waals surface area contributed by atoms with Crippen LogP contribution in [0.3, 0.4) is 0 Å². The van der Waals surface area contributed by atoms with Crippen LogP contribution >= 0.6 is 0 Å². The average Bonchev–Trinajstić information content (AvgIpc) is 2.97. The number of hydrogen-bond acceptors (Lipinski definition) is 3. The van der Waals surface area contributed by atoms with E-state index in [1.807, 2.05) is 40.1 Å². The third kappa shape index (κ3) is 3.06. The van der Waals surface area contributed by atoms with Gasteiger partial charge in [0, 0.05) is 25.6 Å². The maximum Gasteiger partial charge on any atom is 0.242 e. The first-order chi connectivity index (χ1) is 11.1. The monoisotopic (exact) mass is 315 g/mol. The van der Waals surface area contributed by atoms with Gasteiger partial charge in [-0.2, -0.15) is 0 Å². The molecule has 6 heteroatoms. The van der Waals surface area contributed by atoms with Gasteiger partial charge in [0.25, 0.3) is 0 Å². The number of hydrogen-bond donors (Lipinski definition) is 1. The molecule has 0 aliphatic carbocycles. The zero-order chi connectivity index (χ0) is 16.4. The normalized spacial score (nSPS) is 23.6. The Bertz CT molecular complexity index is 617. The number of amides is 3. The lowest BCUT2D eigenvalue weighted by molar-refractivity contribution is -0.134. The van der Waals surface area contributed by atoms with Crippen molar-refractivity contribution in [2.24, 2.45) is 0 Å². The minimum Gasteiger partial charge on any atom is -0.347 e. The van der Waals surface area contributed by atoms with Gasteiger partial charge in [0.2, 0.25) is 17.7 Å². The molecule has 122 valence electrons. The molecular formula is C17H21N3O3. The van der Waals surface area contributed by atoms with E-state index in [1.165, 1.54) is 6.92 Å². The number of anilines is 1. The molecule has 3 amide bonds. The van der Waals surface area contributed by atoms with Gasteiger partial charge in [-0.25, -0.2) is 0 Å². The van der Waals surface area contributed by atoms with Crippen LogP contribution in [0.4, 0.5) is 5.69 Å². The van der Waals surface area contributed by atoms with Crippen LogP contribution in [-0.2, 0) is 14.4 Å². The first-order valence-electron chi connectivity index (χ1n) is 7.99. The third-order valence-electron chi connectivity index (χ3n) is 4.61. The van der Waals surface area contributed by atoms with E-state index in [1.54, 1.807) is 0 Å². The molecule has 2 fully saturated rings. The fourth-order valence-corrected chi connectivity index (χ4v) is 3.60. The van der Waals surface area contributed by atoms with Crippen LogP contribution in [0.25, 0.3) is 0 Å². The second-order valence-corrected chi connectivity index (χ2v) is 6.06. The van der Waals surface area contributed by atoms with E-state index in [9.17, 15) is 14.4 Å². The smallest absolute Gasteiger partial charge is 0.242 e. The summed E-state index contributed by atoms with van der Waals surface area (Å²) in [4.78, 5) is 39.4. The highest BCUT2D eigenvalue weighted by atomic mass is 16.2. The molecule has 3 rings (SSSR count). The predicted molar refractivity (Wildman–Crippen MR) is 85.8 cm³/mol. The van der Waals surface area contributed by atoms with Crippen molar-refractivity contribution in [2.75, 3.05) is 18.0 Å². The Morgan fingerprint density at radius 1 is 1.17 bits per heavy atom. The summed E-state index contributed by atoms with van der Waals surface area (Å²) in [5, 5.41) is 2.56. The molecular weight excluding hydrogens is 294 g/mol. The maximum absolute atomic E-state index is 12.4. The highest BCUT2D eigenvalue weighted by Gasteiger charge is 2.45. The summed E-state index contributed by atoms with van der Waals surface area (Å²) in [7, 11) is 0. The van der Waals surface area contributed by atoms with Gasteiger partial charge in [0.15, 0.2) is 0 Å². The Hall–Kier alpha value is -2.37. The van der Waals surface area contributed by atoms with E-state index in [-0.39, 0.29) is 36.3 Å². The van der Waals surface area contributed by atoms with Gasteiger partial charge in [-0.3, -0.25) is 14.4 Å². The number of para-hydroxylation sites is 1. The second kappa shape index (κ2) is 6.40. The number of benzene rings is 1. The summed E-state index contributed by atoms with van der Waals surface area (Å²) in [6.07, 6.45) is 1.91. The number of carbonyl (C=O) groups excluding carboxylic acids is 3. The van der Waals surface area contributed by atoms with Crippen LogP contribution in [0.1, 0.15) is 26.2 Å². The molecule has 2 heterocycles. The lowest BCUT2D eigenvalue weighted by atomic mass is 9.95. The fourth-order valence-electron chi connectivity index (χ4n) is 3.60. The summed E-state index contributed by atoms with van der Waals surface area (Å²) in [5.74, 6) is -0.164. The molecule has 0 unspecified atom stereocenters. The van der Waals surface area contributed by atoms with E-state index < -0.39 is 0 Å². The lowest BCUT2D eigenvalue weighted by Gasteiger charge is -2.39. The topological polar surface area (TPSA) is 69.7 Å². The van der Waals surface area contributed by atoms with Gasteiger partial charge in [0.05, 0.1) is 18.6 Å². The number of nitrogens with one attached hydrogen (secondary N) is 1. The van der Waals surface area contributed by atoms with Crippen molar-refractivity contribution in [3.8, 4) is 0 Å². The molecule has 0 spiro atoms. The summed E-state index contributed by atoms with van der Waals surface area (Å²) in [6, 6.07) is 9.69. The van der Waals surface area contributed by atoms with Crippen LogP contribution in [0.5, 0.6) is 0 Å². The Balaban J connectivity index is 1.76. The predicted octanol–water partition coefficient (Wildman–Crippen LogP) is 0.919. The van der Waals surface area contributed by atoms with E-state index >= 15 is 0 Å². The summed E-state index contributed by atoms with van der Waals surface area (Å²) >= 11 is 0. The van der Waals surface area contributed by atoms with Crippen LogP contribution in [0.2, 0.25) is 0 Å². The zero-order valence-electron chi connectivity index (χ0n) is 13.2. The molecule has 2 aliphatic heterocycles. The lowest BCUT2D eigenvalue weighted by Crippen LogP contribution is -2.54. The highest BCUT2D eigenvalue weighted by molar-refractivity contribution is 5.95. The van der Waals surface area contributed by atoms with Crippen molar-refractivity contribution in [2.45, 2.75) is 38.3 Å². The molecule has 0 saturated carbocycles. The molecule has 0 aromatic heterocycles. The Morgan fingerprint density at radius 3 is 2.61 bits per heavy atom. The van der Waals surface area contributed by atoms with Gasteiger partial charge in [-0.15, -0.1) is 0 Å². The molecule has 23 heavy (non-hydrogen) atoms.